The third-order valence-electron chi connectivity index (χ3n) is 7.25. The lowest BCUT2D eigenvalue weighted by atomic mass is 10.0. The van der Waals surface area contributed by atoms with Crippen molar-refractivity contribution in [1.29, 1.82) is 0 Å². The predicted octanol–water partition coefficient (Wildman–Crippen LogP) is 3.75. The number of benzene rings is 3. The van der Waals surface area contributed by atoms with Crippen molar-refractivity contribution in [2.24, 2.45) is 5.92 Å². The molecule has 10 nitrogen and oxygen atoms in total. The Morgan fingerprint density at radius 1 is 1.07 bits per heavy atom. The summed E-state index contributed by atoms with van der Waals surface area (Å²) in [6, 6.07) is 14.1. The first-order chi connectivity index (χ1) is 20.2. The minimum Gasteiger partial charge on any atom is -0.488 e. The molecule has 0 bridgehead atoms. The van der Waals surface area contributed by atoms with Crippen LogP contribution in [0.3, 0.4) is 0 Å². The van der Waals surface area contributed by atoms with E-state index in [0.717, 1.165) is 24.3 Å². The number of carbonyl (C=O) groups excluding carboxylic acids is 1. The summed E-state index contributed by atoms with van der Waals surface area (Å²) >= 11 is 5.93. The number of anilines is 1. The SMILES string of the molecule is C[C@H]1CN([C@@H](C)CO)C(=O)Cc2cc(NS(=O)(=O)c3ccc(F)cc3)ccc2O[C@@H]1CN(C)S(=O)(=O)c1ccc(Cl)cc1. The summed E-state index contributed by atoms with van der Waals surface area (Å²) in [4.78, 5) is 14.9. The first-order valence-corrected chi connectivity index (χ1v) is 16.7. The van der Waals surface area contributed by atoms with E-state index >= 15 is 0 Å². The van der Waals surface area contributed by atoms with Gasteiger partial charge >= 0.3 is 0 Å². The van der Waals surface area contributed by atoms with Crippen LogP contribution in [0.2, 0.25) is 5.02 Å². The largest absolute Gasteiger partial charge is 0.488 e. The Morgan fingerprint density at radius 3 is 2.33 bits per heavy atom. The number of sulfonamides is 2. The third kappa shape index (κ3) is 7.65. The lowest BCUT2D eigenvalue weighted by Gasteiger charge is -2.33. The molecule has 2 N–H and O–H groups in total. The number of nitrogens with one attached hydrogen (secondary N) is 1. The molecule has 0 saturated heterocycles. The van der Waals surface area contributed by atoms with Crippen LogP contribution in [-0.2, 0) is 31.3 Å². The molecule has 3 aromatic carbocycles. The third-order valence-corrected chi connectivity index (χ3v) is 10.7. The van der Waals surface area contributed by atoms with Gasteiger partial charge in [-0.1, -0.05) is 18.5 Å². The average Bonchev–Trinajstić information content (AvgIpc) is 3.00. The van der Waals surface area contributed by atoms with Crippen LogP contribution in [-0.4, -0.2) is 75.9 Å². The molecule has 14 heteroatoms. The molecule has 1 heterocycles. The second-order valence-corrected chi connectivity index (χ2v) is 14.7. The smallest absolute Gasteiger partial charge is 0.261 e. The molecule has 0 unspecified atom stereocenters. The zero-order valence-corrected chi connectivity index (χ0v) is 26.2. The van der Waals surface area contributed by atoms with Crippen LogP contribution in [0, 0.1) is 11.7 Å². The van der Waals surface area contributed by atoms with Crippen molar-refractivity contribution in [3.8, 4) is 5.75 Å². The summed E-state index contributed by atoms with van der Waals surface area (Å²) in [5.74, 6) is -0.988. The fourth-order valence-corrected chi connectivity index (χ4v) is 7.04. The highest BCUT2D eigenvalue weighted by atomic mass is 35.5. The van der Waals surface area contributed by atoms with Gasteiger partial charge in [0.25, 0.3) is 10.0 Å². The first kappa shape index (κ1) is 32.7. The van der Waals surface area contributed by atoms with E-state index in [9.17, 15) is 31.1 Å². The summed E-state index contributed by atoms with van der Waals surface area (Å²) in [7, 11) is -6.55. The summed E-state index contributed by atoms with van der Waals surface area (Å²) in [5.41, 5.74) is 0.509. The Balaban J connectivity index is 1.68. The molecule has 0 radical (unpaired) electrons. The zero-order chi connectivity index (χ0) is 31.5. The number of rotatable bonds is 9. The summed E-state index contributed by atoms with van der Waals surface area (Å²) in [5, 5.41) is 10.3. The van der Waals surface area contributed by atoms with Crippen molar-refractivity contribution in [1.82, 2.24) is 9.21 Å². The number of aliphatic hydroxyl groups excluding tert-OH is 1. The van der Waals surface area contributed by atoms with E-state index < -0.39 is 38.0 Å². The second kappa shape index (κ2) is 13.2. The Kier molecular flexibility index (Phi) is 10.0. The molecular formula is C29H33ClFN3O7S2. The van der Waals surface area contributed by atoms with Crippen LogP contribution in [0.25, 0.3) is 0 Å². The van der Waals surface area contributed by atoms with Crippen molar-refractivity contribution >= 4 is 43.2 Å². The van der Waals surface area contributed by atoms with Crippen LogP contribution >= 0.6 is 11.6 Å². The van der Waals surface area contributed by atoms with Gasteiger partial charge in [0.15, 0.2) is 0 Å². The highest BCUT2D eigenvalue weighted by molar-refractivity contribution is 7.92. The summed E-state index contributed by atoms with van der Waals surface area (Å²) in [6.45, 7) is 3.34. The van der Waals surface area contributed by atoms with E-state index in [2.05, 4.69) is 4.72 Å². The van der Waals surface area contributed by atoms with Crippen LogP contribution in [0.15, 0.2) is 76.5 Å². The maximum Gasteiger partial charge on any atom is 0.261 e. The zero-order valence-electron chi connectivity index (χ0n) is 23.8. The van der Waals surface area contributed by atoms with Crippen LogP contribution < -0.4 is 9.46 Å². The summed E-state index contributed by atoms with van der Waals surface area (Å²) < 4.78 is 75.8. The monoisotopic (exact) mass is 653 g/mol. The van der Waals surface area contributed by atoms with Crippen molar-refractivity contribution in [3.05, 3.63) is 83.1 Å². The molecule has 0 saturated carbocycles. The number of ether oxygens (including phenoxy) is 1. The molecule has 0 aromatic heterocycles. The van der Waals surface area contributed by atoms with E-state index in [0.29, 0.717) is 10.6 Å². The second-order valence-electron chi connectivity index (χ2n) is 10.5. The molecule has 3 aromatic rings. The Bertz CT molecular complexity index is 1670. The Morgan fingerprint density at radius 2 is 1.70 bits per heavy atom. The molecule has 232 valence electrons. The van der Waals surface area contributed by atoms with E-state index in [1.807, 2.05) is 6.92 Å². The van der Waals surface area contributed by atoms with Gasteiger partial charge < -0.3 is 14.7 Å². The van der Waals surface area contributed by atoms with Gasteiger partial charge in [0.1, 0.15) is 17.7 Å². The van der Waals surface area contributed by atoms with Crippen molar-refractivity contribution in [3.63, 3.8) is 0 Å². The van der Waals surface area contributed by atoms with E-state index in [1.54, 1.807) is 6.92 Å². The van der Waals surface area contributed by atoms with E-state index in [1.165, 1.54) is 58.7 Å². The highest BCUT2D eigenvalue weighted by Crippen LogP contribution is 2.31. The first-order valence-electron chi connectivity index (χ1n) is 13.4. The van der Waals surface area contributed by atoms with E-state index in [-0.39, 0.29) is 59.2 Å². The van der Waals surface area contributed by atoms with Gasteiger partial charge in [-0.2, -0.15) is 4.31 Å². The van der Waals surface area contributed by atoms with Crippen LogP contribution in [0.5, 0.6) is 5.75 Å². The van der Waals surface area contributed by atoms with Crippen molar-refractivity contribution in [2.75, 3.05) is 31.5 Å². The van der Waals surface area contributed by atoms with Gasteiger partial charge in [0, 0.05) is 35.8 Å². The maximum absolute atomic E-state index is 13.4. The number of hydrogen-bond acceptors (Lipinski definition) is 7. The average molecular weight is 654 g/mol. The molecule has 1 amide bonds. The lowest BCUT2D eigenvalue weighted by Crippen LogP contribution is -2.48. The number of carbonyl (C=O) groups is 1. The van der Waals surface area contributed by atoms with Gasteiger partial charge in [-0.25, -0.2) is 21.2 Å². The van der Waals surface area contributed by atoms with Gasteiger partial charge in [-0.05, 0) is 73.7 Å². The number of likely N-dealkylation sites (N-methyl/N-ethyl adjacent to an activating group) is 1. The normalized spacial score (nSPS) is 18.7. The van der Waals surface area contributed by atoms with Gasteiger partial charge in [0.2, 0.25) is 15.9 Å². The van der Waals surface area contributed by atoms with Crippen molar-refractivity contribution in [2.45, 2.75) is 42.2 Å². The number of fused-ring (bicyclic) bond motifs is 1. The fraction of sp³-hybridized carbons (Fsp3) is 0.345. The molecule has 0 aliphatic carbocycles. The molecule has 1 aliphatic heterocycles. The molecule has 0 spiro atoms. The quantitative estimate of drug-likeness (QED) is 0.359. The van der Waals surface area contributed by atoms with E-state index in [4.69, 9.17) is 16.3 Å². The molecular weight excluding hydrogens is 621 g/mol. The number of nitrogens with zero attached hydrogens (tertiary/aromatic N) is 2. The highest BCUT2D eigenvalue weighted by Gasteiger charge is 2.33. The van der Waals surface area contributed by atoms with Crippen LogP contribution in [0.4, 0.5) is 10.1 Å². The summed E-state index contributed by atoms with van der Waals surface area (Å²) in [6.07, 6.45) is -0.892. The van der Waals surface area contributed by atoms with Gasteiger partial charge in [-0.15, -0.1) is 0 Å². The Labute approximate surface area is 256 Å². The van der Waals surface area contributed by atoms with Crippen LogP contribution in [0.1, 0.15) is 19.4 Å². The molecule has 43 heavy (non-hydrogen) atoms. The molecule has 0 fully saturated rings. The topological polar surface area (TPSA) is 133 Å². The van der Waals surface area contributed by atoms with Gasteiger partial charge in [-0.3, -0.25) is 9.52 Å². The minimum absolute atomic E-state index is 0.0549. The number of amides is 1. The molecule has 1 aliphatic rings. The number of aliphatic hydroxyl groups is 1. The molecule has 4 rings (SSSR count). The molecule has 3 atom stereocenters. The lowest BCUT2D eigenvalue weighted by molar-refractivity contribution is -0.134. The number of hydrogen-bond donors (Lipinski definition) is 2. The fourth-order valence-electron chi connectivity index (χ4n) is 4.68. The Hall–Kier alpha value is -3.23. The maximum atomic E-state index is 13.4. The predicted molar refractivity (Wildman–Crippen MR) is 160 cm³/mol. The van der Waals surface area contributed by atoms with Crippen molar-refractivity contribution < 1.29 is 35.9 Å². The standard InChI is InChI=1S/C29H33ClFN3O7S2/c1-19-16-34(20(2)18-35)29(36)15-21-14-24(32-42(37,38)25-11-6-23(31)7-12-25)8-13-27(21)41-28(19)17-33(3)43(39,40)26-9-4-22(30)5-10-26/h4-14,19-20,28,32,35H,15-18H2,1-3H3/t19-,20-,28+/m0/s1. The number of halogens is 2. The minimum atomic E-state index is -4.07. The van der Waals surface area contributed by atoms with Gasteiger partial charge in [0.05, 0.1) is 35.4 Å².